The zero-order valence-electron chi connectivity index (χ0n) is 8.23. The van der Waals surface area contributed by atoms with E-state index in [1.54, 1.807) is 18.3 Å². The summed E-state index contributed by atoms with van der Waals surface area (Å²) in [6, 6.07) is 3.20. The summed E-state index contributed by atoms with van der Waals surface area (Å²) < 4.78 is 36.3. The number of hydrogen-bond acceptors (Lipinski definition) is 2. The number of aryl methyl sites for hydroxylation is 1. The highest BCUT2D eigenvalue weighted by Crippen LogP contribution is 2.16. The molecule has 16 heavy (non-hydrogen) atoms. The summed E-state index contributed by atoms with van der Waals surface area (Å²) in [4.78, 5) is 14.5. The minimum atomic E-state index is -4.86. The highest BCUT2D eigenvalue weighted by Gasteiger charge is 2.38. The molecule has 0 bridgehead atoms. The second kappa shape index (κ2) is 4.82. The standard InChI is InChI=1S/C9H8BrF3N2O/c1-5-7(10)3-2-6(15-5)4-14-8(16)9(11,12)13/h2-3H,4H2,1H3,(H,14,16). The van der Waals surface area contributed by atoms with Gasteiger partial charge in [0.15, 0.2) is 0 Å². The van der Waals surface area contributed by atoms with Gasteiger partial charge in [-0.15, -0.1) is 0 Å². The summed E-state index contributed by atoms with van der Waals surface area (Å²) in [5.41, 5.74) is 1.03. The number of carbonyl (C=O) groups excluding carboxylic acids is 1. The molecule has 0 aliphatic carbocycles. The summed E-state index contributed by atoms with van der Waals surface area (Å²) in [6.45, 7) is 1.46. The average molecular weight is 297 g/mol. The lowest BCUT2D eigenvalue weighted by Crippen LogP contribution is -2.36. The normalized spacial score (nSPS) is 11.3. The van der Waals surface area contributed by atoms with Gasteiger partial charge in [0, 0.05) is 4.47 Å². The van der Waals surface area contributed by atoms with Gasteiger partial charge in [0.1, 0.15) is 0 Å². The number of nitrogens with one attached hydrogen (secondary N) is 1. The second-order valence-electron chi connectivity index (χ2n) is 3.05. The number of halogens is 4. The molecule has 88 valence electrons. The third-order valence-electron chi connectivity index (χ3n) is 1.77. The predicted molar refractivity (Wildman–Crippen MR) is 54.6 cm³/mol. The van der Waals surface area contributed by atoms with Crippen molar-refractivity contribution < 1.29 is 18.0 Å². The molecule has 0 saturated carbocycles. The Morgan fingerprint density at radius 2 is 2.12 bits per heavy atom. The molecule has 1 aromatic heterocycles. The van der Waals surface area contributed by atoms with Crippen molar-refractivity contribution in [1.82, 2.24) is 10.3 Å². The lowest BCUT2D eigenvalue weighted by molar-refractivity contribution is -0.173. The molecule has 1 amide bonds. The monoisotopic (exact) mass is 296 g/mol. The van der Waals surface area contributed by atoms with E-state index in [1.165, 1.54) is 6.07 Å². The van der Waals surface area contributed by atoms with Crippen molar-refractivity contribution in [2.24, 2.45) is 0 Å². The number of rotatable bonds is 2. The lowest BCUT2D eigenvalue weighted by Gasteiger charge is -2.08. The van der Waals surface area contributed by atoms with Gasteiger partial charge in [0.25, 0.3) is 0 Å². The molecule has 0 saturated heterocycles. The first-order valence-electron chi connectivity index (χ1n) is 4.28. The van der Waals surface area contributed by atoms with Crippen LogP contribution in [0.15, 0.2) is 16.6 Å². The Hall–Kier alpha value is -1.11. The fourth-order valence-electron chi connectivity index (χ4n) is 0.966. The third kappa shape index (κ3) is 3.48. The number of pyridine rings is 1. The van der Waals surface area contributed by atoms with E-state index in [0.29, 0.717) is 11.4 Å². The number of aromatic nitrogens is 1. The topological polar surface area (TPSA) is 42.0 Å². The maximum Gasteiger partial charge on any atom is 0.471 e. The molecule has 1 heterocycles. The SMILES string of the molecule is Cc1nc(CNC(=O)C(F)(F)F)ccc1Br. The van der Waals surface area contributed by atoms with Crippen LogP contribution >= 0.6 is 15.9 Å². The molecule has 0 aliphatic rings. The van der Waals surface area contributed by atoms with Gasteiger partial charge in [-0.3, -0.25) is 9.78 Å². The molecule has 0 radical (unpaired) electrons. The largest absolute Gasteiger partial charge is 0.471 e. The van der Waals surface area contributed by atoms with Gasteiger partial charge in [-0.05, 0) is 35.0 Å². The highest BCUT2D eigenvalue weighted by molar-refractivity contribution is 9.10. The predicted octanol–water partition coefficient (Wildman–Crippen LogP) is 2.33. The van der Waals surface area contributed by atoms with Crippen molar-refractivity contribution in [3.8, 4) is 0 Å². The molecule has 0 aliphatic heterocycles. The molecule has 7 heteroatoms. The molecule has 0 atom stereocenters. The highest BCUT2D eigenvalue weighted by atomic mass is 79.9. The van der Waals surface area contributed by atoms with Gasteiger partial charge in [-0.25, -0.2) is 0 Å². The maximum atomic E-state index is 11.9. The molecule has 1 aromatic rings. The Morgan fingerprint density at radius 3 is 2.62 bits per heavy atom. The van der Waals surface area contributed by atoms with Crippen LogP contribution in [0.3, 0.4) is 0 Å². The van der Waals surface area contributed by atoms with E-state index in [1.807, 2.05) is 0 Å². The molecule has 0 spiro atoms. The first-order valence-corrected chi connectivity index (χ1v) is 5.07. The van der Waals surface area contributed by atoms with E-state index in [-0.39, 0.29) is 6.54 Å². The Labute approximate surface area is 98.2 Å². The first kappa shape index (κ1) is 13.0. The number of hydrogen-bond donors (Lipinski definition) is 1. The zero-order valence-corrected chi connectivity index (χ0v) is 9.82. The van der Waals surface area contributed by atoms with Crippen LogP contribution < -0.4 is 5.32 Å². The summed E-state index contributed by atoms with van der Waals surface area (Å²) in [7, 11) is 0. The third-order valence-corrected chi connectivity index (χ3v) is 2.60. The molecular weight excluding hydrogens is 289 g/mol. The van der Waals surface area contributed by atoms with Crippen LogP contribution in [0.2, 0.25) is 0 Å². The molecule has 1 N–H and O–H groups in total. The Balaban J connectivity index is 2.62. The number of carbonyl (C=O) groups is 1. The summed E-state index contributed by atoms with van der Waals surface area (Å²) in [6.07, 6.45) is -4.86. The Kier molecular flexibility index (Phi) is 3.90. The molecule has 3 nitrogen and oxygen atoms in total. The smallest absolute Gasteiger partial charge is 0.343 e. The van der Waals surface area contributed by atoms with Gasteiger partial charge in [-0.2, -0.15) is 13.2 Å². The van der Waals surface area contributed by atoms with Crippen molar-refractivity contribution in [2.75, 3.05) is 0 Å². The van der Waals surface area contributed by atoms with Crippen molar-refractivity contribution in [1.29, 1.82) is 0 Å². The van der Waals surface area contributed by atoms with Crippen LogP contribution in [-0.2, 0) is 11.3 Å². The van der Waals surface area contributed by atoms with Crippen LogP contribution in [0.25, 0.3) is 0 Å². The van der Waals surface area contributed by atoms with Crippen molar-refractivity contribution in [3.05, 3.63) is 28.0 Å². The number of alkyl halides is 3. The van der Waals surface area contributed by atoms with Crippen LogP contribution in [0.1, 0.15) is 11.4 Å². The van der Waals surface area contributed by atoms with Gasteiger partial charge < -0.3 is 5.32 Å². The van der Waals surface area contributed by atoms with E-state index < -0.39 is 12.1 Å². The van der Waals surface area contributed by atoms with E-state index in [9.17, 15) is 18.0 Å². The molecule has 0 aromatic carbocycles. The zero-order chi connectivity index (χ0) is 12.3. The van der Waals surface area contributed by atoms with Gasteiger partial charge in [0.05, 0.1) is 17.9 Å². The average Bonchev–Trinajstić information content (AvgIpc) is 2.18. The Bertz CT molecular complexity index is 406. The minimum Gasteiger partial charge on any atom is -0.343 e. The lowest BCUT2D eigenvalue weighted by atomic mass is 10.3. The molecule has 0 unspecified atom stereocenters. The van der Waals surface area contributed by atoms with Crippen molar-refractivity contribution >= 4 is 21.8 Å². The quantitative estimate of drug-likeness (QED) is 0.910. The van der Waals surface area contributed by atoms with Crippen LogP contribution in [0, 0.1) is 6.92 Å². The summed E-state index contributed by atoms with van der Waals surface area (Å²) in [5.74, 6) is -1.96. The second-order valence-corrected chi connectivity index (χ2v) is 3.90. The van der Waals surface area contributed by atoms with Gasteiger partial charge in [0.2, 0.25) is 0 Å². The van der Waals surface area contributed by atoms with E-state index in [0.717, 1.165) is 4.47 Å². The summed E-state index contributed by atoms with van der Waals surface area (Å²) in [5, 5.41) is 1.74. The van der Waals surface area contributed by atoms with Crippen molar-refractivity contribution in [2.45, 2.75) is 19.6 Å². The maximum absolute atomic E-state index is 11.9. The molecular formula is C9H8BrF3N2O. The van der Waals surface area contributed by atoms with Gasteiger partial charge >= 0.3 is 12.1 Å². The van der Waals surface area contributed by atoms with E-state index in [4.69, 9.17) is 0 Å². The van der Waals surface area contributed by atoms with Crippen LogP contribution in [0.4, 0.5) is 13.2 Å². The number of amides is 1. The fourth-order valence-corrected chi connectivity index (χ4v) is 1.19. The van der Waals surface area contributed by atoms with Crippen molar-refractivity contribution in [3.63, 3.8) is 0 Å². The minimum absolute atomic E-state index is 0.244. The fraction of sp³-hybridized carbons (Fsp3) is 0.333. The van der Waals surface area contributed by atoms with Gasteiger partial charge in [-0.1, -0.05) is 0 Å². The first-order chi connectivity index (χ1) is 7.30. The van der Waals surface area contributed by atoms with Crippen LogP contribution in [-0.4, -0.2) is 17.1 Å². The summed E-state index contributed by atoms with van der Waals surface area (Å²) >= 11 is 3.21. The van der Waals surface area contributed by atoms with E-state index >= 15 is 0 Å². The number of nitrogens with zero attached hydrogens (tertiary/aromatic N) is 1. The van der Waals surface area contributed by atoms with Crippen LogP contribution in [0.5, 0.6) is 0 Å². The van der Waals surface area contributed by atoms with E-state index in [2.05, 4.69) is 20.9 Å². The molecule has 1 rings (SSSR count). The Morgan fingerprint density at radius 1 is 1.50 bits per heavy atom. The molecule has 0 fully saturated rings.